The predicted molar refractivity (Wildman–Crippen MR) is 85.3 cm³/mol. The number of hydrogen-bond donors (Lipinski definition) is 1. The van der Waals surface area contributed by atoms with Crippen LogP contribution in [0.2, 0.25) is 0 Å². The lowest BCUT2D eigenvalue weighted by Crippen LogP contribution is -2.24. The van der Waals surface area contributed by atoms with Gasteiger partial charge in [-0.1, -0.05) is 41.6 Å². The number of aliphatic hydroxyl groups is 1. The molecule has 1 N–H and O–H groups in total. The van der Waals surface area contributed by atoms with Crippen molar-refractivity contribution in [3.05, 3.63) is 59.3 Å². The zero-order valence-electron chi connectivity index (χ0n) is 12.2. The number of thiophene rings is 1. The predicted octanol–water partition coefficient (Wildman–Crippen LogP) is 2.96. The molecule has 1 atom stereocenters. The van der Waals surface area contributed by atoms with Gasteiger partial charge < -0.3 is 9.63 Å². The van der Waals surface area contributed by atoms with Crippen LogP contribution >= 0.6 is 11.3 Å². The van der Waals surface area contributed by atoms with Crippen LogP contribution in [0.3, 0.4) is 0 Å². The molecule has 0 radical (unpaired) electrons. The highest BCUT2D eigenvalue weighted by molar-refractivity contribution is 7.13. The molecular formula is C16H17N3O2S. The fraction of sp³-hybridized carbons (Fsp3) is 0.250. The molecule has 0 fully saturated rings. The molecule has 0 aliphatic rings. The number of likely N-dealkylation sites (N-methyl/N-ethyl adjacent to an activating group) is 1. The lowest BCUT2D eigenvalue weighted by molar-refractivity contribution is 0.118. The molecule has 0 unspecified atom stereocenters. The minimum atomic E-state index is -0.536. The van der Waals surface area contributed by atoms with E-state index in [1.165, 1.54) is 0 Å². The standard InChI is InChI=1S/C16H17N3O2S/c1-19(10-13(20)12-6-3-2-4-7-12)11-15-17-16(18-21-15)14-8-5-9-22-14/h2-9,13,20H,10-11H2,1H3/t13-/m0/s1. The zero-order chi connectivity index (χ0) is 15.4. The van der Waals surface area contributed by atoms with E-state index in [9.17, 15) is 5.11 Å². The summed E-state index contributed by atoms with van der Waals surface area (Å²) in [6.45, 7) is 1.00. The fourth-order valence-electron chi connectivity index (χ4n) is 2.20. The second kappa shape index (κ2) is 6.83. The first-order valence-electron chi connectivity index (χ1n) is 7.00. The van der Waals surface area contributed by atoms with E-state index in [0.717, 1.165) is 10.4 Å². The molecule has 0 bridgehead atoms. The molecule has 1 aromatic carbocycles. The van der Waals surface area contributed by atoms with Crippen LogP contribution in [0.15, 0.2) is 52.4 Å². The minimum Gasteiger partial charge on any atom is -0.387 e. The van der Waals surface area contributed by atoms with Crippen molar-refractivity contribution in [3.8, 4) is 10.7 Å². The van der Waals surface area contributed by atoms with Gasteiger partial charge in [-0.25, -0.2) is 0 Å². The van der Waals surface area contributed by atoms with Gasteiger partial charge in [-0.3, -0.25) is 4.90 Å². The maximum Gasteiger partial charge on any atom is 0.241 e. The van der Waals surface area contributed by atoms with Gasteiger partial charge in [0.05, 0.1) is 17.5 Å². The molecule has 114 valence electrons. The third-order valence-corrected chi connectivity index (χ3v) is 4.15. The van der Waals surface area contributed by atoms with Crippen molar-refractivity contribution < 1.29 is 9.63 Å². The average Bonchev–Trinajstić information content (AvgIpc) is 3.19. The number of aliphatic hydroxyl groups excluding tert-OH is 1. The highest BCUT2D eigenvalue weighted by Crippen LogP contribution is 2.21. The van der Waals surface area contributed by atoms with Gasteiger partial charge in [0.2, 0.25) is 11.7 Å². The number of rotatable bonds is 6. The average molecular weight is 315 g/mol. The van der Waals surface area contributed by atoms with E-state index in [0.29, 0.717) is 24.8 Å². The second-order valence-corrected chi connectivity index (χ2v) is 6.06. The summed E-state index contributed by atoms with van der Waals surface area (Å²) in [5, 5.41) is 16.2. The number of benzene rings is 1. The molecular weight excluding hydrogens is 298 g/mol. The summed E-state index contributed by atoms with van der Waals surface area (Å²) in [5.41, 5.74) is 0.902. The smallest absolute Gasteiger partial charge is 0.241 e. The molecule has 22 heavy (non-hydrogen) atoms. The Kier molecular flexibility index (Phi) is 4.62. The summed E-state index contributed by atoms with van der Waals surface area (Å²) in [6, 6.07) is 13.5. The molecule has 5 nitrogen and oxygen atoms in total. The van der Waals surface area contributed by atoms with Crippen molar-refractivity contribution in [2.24, 2.45) is 0 Å². The Morgan fingerprint density at radius 1 is 1.23 bits per heavy atom. The van der Waals surface area contributed by atoms with Crippen molar-refractivity contribution in [2.75, 3.05) is 13.6 Å². The van der Waals surface area contributed by atoms with E-state index in [2.05, 4.69) is 10.1 Å². The van der Waals surface area contributed by atoms with Gasteiger partial charge in [0.25, 0.3) is 0 Å². The lowest BCUT2D eigenvalue weighted by Gasteiger charge is -2.18. The first-order valence-corrected chi connectivity index (χ1v) is 7.88. The Balaban J connectivity index is 1.59. The van der Waals surface area contributed by atoms with E-state index in [1.807, 2.05) is 59.8 Å². The van der Waals surface area contributed by atoms with Crippen molar-refractivity contribution in [1.29, 1.82) is 0 Å². The summed E-state index contributed by atoms with van der Waals surface area (Å²) in [6.07, 6.45) is -0.536. The van der Waals surface area contributed by atoms with Crippen LogP contribution in [0.5, 0.6) is 0 Å². The highest BCUT2D eigenvalue weighted by Gasteiger charge is 2.14. The van der Waals surface area contributed by atoms with Crippen LogP contribution in [0.4, 0.5) is 0 Å². The summed E-state index contributed by atoms with van der Waals surface area (Å²) in [7, 11) is 1.92. The van der Waals surface area contributed by atoms with Gasteiger partial charge in [0.15, 0.2) is 0 Å². The molecule has 3 aromatic rings. The van der Waals surface area contributed by atoms with E-state index in [1.54, 1.807) is 11.3 Å². The van der Waals surface area contributed by atoms with E-state index >= 15 is 0 Å². The molecule has 0 aliphatic heterocycles. The first kappa shape index (κ1) is 14.9. The summed E-state index contributed by atoms with van der Waals surface area (Å²) in [5.74, 6) is 1.16. The van der Waals surface area contributed by atoms with Crippen LogP contribution in [0, 0.1) is 0 Å². The van der Waals surface area contributed by atoms with Crippen LogP contribution in [-0.4, -0.2) is 33.7 Å². The molecule has 0 saturated heterocycles. The van der Waals surface area contributed by atoms with Crippen molar-refractivity contribution >= 4 is 11.3 Å². The normalized spacial score (nSPS) is 12.7. The molecule has 0 spiro atoms. The van der Waals surface area contributed by atoms with Crippen LogP contribution in [-0.2, 0) is 6.54 Å². The summed E-state index contributed by atoms with van der Waals surface area (Å²) >= 11 is 1.58. The monoisotopic (exact) mass is 315 g/mol. The SMILES string of the molecule is CN(Cc1nc(-c2cccs2)no1)C[C@H](O)c1ccccc1. The Morgan fingerprint density at radius 3 is 2.77 bits per heavy atom. The third-order valence-electron chi connectivity index (χ3n) is 3.28. The van der Waals surface area contributed by atoms with Crippen molar-refractivity contribution in [3.63, 3.8) is 0 Å². The molecule has 2 heterocycles. The number of aromatic nitrogens is 2. The molecule has 0 aliphatic carbocycles. The van der Waals surface area contributed by atoms with Gasteiger partial charge in [0.1, 0.15) is 0 Å². The molecule has 0 amide bonds. The summed E-state index contributed by atoms with van der Waals surface area (Å²) in [4.78, 5) is 7.33. The fourth-order valence-corrected chi connectivity index (χ4v) is 2.85. The zero-order valence-corrected chi connectivity index (χ0v) is 13.0. The molecule has 2 aromatic heterocycles. The van der Waals surface area contributed by atoms with Crippen molar-refractivity contribution in [2.45, 2.75) is 12.6 Å². The Morgan fingerprint density at radius 2 is 2.05 bits per heavy atom. The van der Waals surface area contributed by atoms with Crippen LogP contribution < -0.4 is 0 Å². The van der Waals surface area contributed by atoms with Gasteiger partial charge in [-0.2, -0.15) is 4.98 Å². The van der Waals surface area contributed by atoms with Gasteiger partial charge in [-0.15, -0.1) is 11.3 Å². The number of hydrogen-bond acceptors (Lipinski definition) is 6. The van der Waals surface area contributed by atoms with E-state index in [-0.39, 0.29) is 0 Å². The molecule has 0 saturated carbocycles. The van der Waals surface area contributed by atoms with Gasteiger partial charge in [0, 0.05) is 6.54 Å². The Hall–Kier alpha value is -2.02. The topological polar surface area (TPSA) is 62.4 Å². The van der Waals surface area contributed by atoms with E-state index in [4.69, 9.17) is 4.52 Å². The van der Waals surface area contributed by atoms with Gasteiger partial charge >= 0.3 is 0 Å². The second-order valence-electron chi connectivity index (χ2n) is 5.11. The minimum absolute atomic E-state index is 0.501. The maximum atomic E-state index is 10.2. The Bertz CT molecular complexity index is 697. The van der Waals surface area contributed by atoms with E-state index < -0.39 is 6.10 Å². The third kappa shape index (κ3) is 3.59. The quantitative estimate of drug-likeness (QED) is 0.758. The van der Waals surface area contributed by atoms with Crippen LogP contribution in [0.1, 0.15) is 17.6 Å². The molecule has 3 rings (SSSR count). The number of nitrogens with zero attached hydrogens (tertiary/aromatic N) is 3. The van der Waals surface area contributed by atoms with Crippen molar-refractivity contribution in [1.82, 2.24) is 15.0 Å². The Labute approximate surface area is 132 Å². The largest absolute Gasteiger partial charge is 0.387 e. The highest BCUT2D eigenvalue weighted by atomic mass is 32.1. The van der Waals surface area contributed by atoms with Gasteiger partial charge in [-0.05, 0) is 24.1 Å². The molecule has 6 heteroatoms. The first-order chi connectivity index (χ1) is 10.7. The summed E-state index contributed by atoms with van der Waals surface area (Å²) < 4.78 is 5.27. The lowest BCUT2D eigenvalue weighted by atomic mass is 10.1. The maximum absolute atomic E-state index is 10.2. The van der Waals surface area contributed by atoms with Crippen LogP contribution in [0.25, 0.3) is 10.7 Å².